The van der Waals surface area contributed by atoms with E-state index in [0.717, 1.165) is 11.1 Å². The lowest BCUT2D eigenvalue weighted by Crippen LogP contribution is -2.31. The number of aliphatic hydroxyl groups excluding tert-OH is 1. The quantitative estimate of drug-likeness (QED) is 0.237. The van der Waals surface area contributed by atoms with Crippen LogP contribution in [-0.2, 0) is 4.79 Å². The number of halogens is 1. The van der Waals surface area contributed by atoms with E-state index in [9.17, 15) is 19.8 Å². The van der Waals surface area contributed by atoms with E-state index in [0.29, 0.717) is 38.5 Å². The minimum Gasteiger partial charge on any atom is -0.504 e. The van der Waals surface area contributed by atoms with Crippen LogP contribution >= 0.6 is 22.9 Å². The molecule has 1 amide bonds. The predicted octanol–water partition coefficient (Wildman–Crippen LogP) is 6.97. The zero-order chi connectivity index (χ0) is 27.8. The number of nitrogens with zero attached hydrogens (tertiary/aromatic N) is 2. The van der Waals surface area contributed by atoms with E-state index >= 15 is 0 Å². The first kappa shape index (κ1) is 26.5. The SMILES string of the molecule is CCOc1cc(C2C(C(=O)c3sc(-c4ccccc4)nc3C)=C(O)C(=O)N2c2cc(Cl)ccc2C)ccc1O. The molecule has 1 aromatic heterocycles. The summed E-state index contributed by atoms with van der Waals surface area (Å²) < 4.78 is 5.58. The van der Waals surface area contributed by atoms with E-state index in [2.05, 4.69) is 4.98 Å². The maximum Gasteiger partial charge on any atom is 0.294 e. The molecule has 3 aromatic carbocycles. The van der Waals surface area contributed by atoms with Gasteiger partial charge in [-0.05, 0) is 56.2 Å². The van der Waals surface area contributed by atoms with Crippen molar-refractivity contribution in [2.75, 3.05) is 11.5 Å². The Labute approximate surface area is 234 Å². The van der Waals surface area contributed by atoms with E-state index in [1.165, 1.54) is 22.3 Å². The second-order valence-electron chi connectivity index (χ2n) is 9.06. The molecule has 2 N–H and O–H groups in total. The molecule has 2 heterocycles. The van der Waals surface area contributed by atoms with Gasteiger partial charge < -0.3 is 14.9 Å². The van der Waals surface area contributed by atoms with E-state index in [1.807, 2.05) is 37.3 Å². The van der Waals surface area contributed by atoms with Gasteiger partial charge in [0.1, 0.15) is 5.01 Å². The minimum absolute atomic E-state index is 0.0812. The van der Waals surface area contributed by atoms with Gasteiger partial charge in [0.15, 0.2) is 17.3 Å². The molecule has 198 valence electrons. The van der Waals surface area contributed by atoms with Gasteiger partial charge >= 0.3 is 0 Å². The van der Waals surface area contributed by atoms with Crippen LogP contribution < -0.4 is 9.64 Å². The van der Waals surface area contributed by atoms with Gasteiger partial charge in [0.05, 0.1) is 28.8 Å². The number of carbonyl (C=O) groups excluding carboxylic acids is 2. The molecule has 7 nitrogen and oxygen atoms in total. The van der Waals surface area contributed by atoms with Crippen molar-refractivity contribution >= 4 is 40.3 Å². The Kier molecular flexibility index (Phi) is 7.16. The van der Waals surface area contributed by atoms with Gasteiger partial charge in [0, 0.05) is 16.3 Å². The number of phenols is 1. The molecule has 0 aliphatic carbocycles. The summed E-state index contributed by atoms with van der Waals surface area (Å²) in [6, 6.07) is 18.2. The van der Waals surface area contributed by atoms with Crippen molar-refractivity contribution in [1.29, 1.82) is 0 Å². The monoisotopic (exact) mass is 560 g/mol. The fourth-order valence-electron chi connectivity index (χ4n) is 4.65. The zero-order valence-corrected chi connectivity index (χ0v) is 23.0. The van der Waals surface area contributed by atoms with Crippen LogP contribution in [0.15, 0.2) is 78.1 Å². The average molecular weight is 561 g/mol. The number of amides is 1. The molecule has 0 saturated carbocycles. The normalized spacial score (nSPS) is 15.2. The van der Waals surface area contributed by atoms with Gasteiger partial charge in [-0.1, -0.05) is 54.1 Å². The molecular formula is C30H25ClN2O5S. The Hall–Kier alpha value is -4.14. The van der Waals surface area contributed by atoms with Gasteiger partial charge in [-0.3, -0.25) is 14.5 Å². The third-order valence-electron chi connectivity index (χ3n) is 6.51. The van der Waals surface area contributed by atoms with Crippen LogP contribution in [0.25, 0.3) is 10.6 Å². The van der Waals surface area contributed by atoms with Crippen molar-refractivity contribution in [1.82, 2.24) is 4.98 Å². The summed E-state index contributed by atoms with van der Waals surface area (Å²) in [6.07, 6.45) is 0. The van der Waals surface area contributed by atoms with Gasteiger partial charge in [-0.2, -0.15) is 0 Å². The Balaban J connectivity index is 1.68. The fraction of sp³-hybridized carbons (Fsp3) is 0.167. The van der Waals surface area contributed by atoms with Crippen LogP contribution in [0.2, 0.25) is 5.02 Å². The molecule has 0 spiro atoms. The van der Waals surface area contributed by atoms with Crippen molar-refractivity contribution in [3.63, 3.8) is 0 Å². The molecule has 1 aliphatic rings. The van der Waals surface area contributed by atoms with Crippen LogP contribution in [0, 0.1) is 13.8 Å². The van der Waals surface area contributed by atoms with E-state index in [1.54, 1.807) is 44.2 Å². The number of aryl methyl sites for hydroxylation is 2. The number of thiazole rings is 1. The molecule has 5 rings (SSSR count). The molecule has 1 aliphatic heterocycles. The number of hydrogen-bond donors (Lipinski definition) is 2. The third-order valence-corrected chi connectivity index (χ3v) is 7.95. The molecule has 0 bridgehead atoms. The number of rotatable bonds is 7. The van der Waals surface area contributed by atoms with Gasteiger partial charge in [-0.25, -0.2) is 4.98 Å². The number of ether oxygens (including phenoxy) is 1. The molecular weight excluding hydrogens is 536 g/mol. The van der Waals surface area contributed by atoms with Crippen LogP contribution in [0.5, 0.6) is 11.5 Å². The summed E-state index contributed by atoms with van der Waals surface area (Å²) in [5, 5.41) is 22.6. The molecule has 9 heteroatoms. The molecule has 1 atom stereocenters. The number of aromatic nitrogens is 1. The summed E-state index contributed by atoms with van der Waals surface area (Å²) in [5.74, 6) is -1.77. The lowest BCUT2D eigenvalue weighted by molar-refractivity contribution is -0.117. The highest BCUT2D eigenvalue weighted by Crippen LogP contribution is 2.46. The topological polar surface area (TPSA) is 100.0 Å². The number of carbonyl (C=O) groups is 2. The Morgan fingerprint density at radius 3 is 2.54 bits per heavy atom. The highest BCUT2D eigenvalue weighted by atomic mass is 35.5. The summed E-state index contributed by atoms with van der Waals surface area (Å²) >= 11 is 7.50. The molecule has 0 radical (unpaired) electrons. The minimum atomic E-state index is -1.01. The first-order valence-corrected chi connectivity index (χ1v) is 13.5. The summed E-state index contributed by atoms with van der Waals surface area (Å²) in [6.45, 7) is 5.62. The standard InChI is InChI=1S/C30H25ClN2O5S/c1-4-38-23-14-19(11-13-22(23)34)25-24(27(36)30(37)33(25)21-15-20(31)12-10-16(21)2)26(35)28-17(3)32-29(39-28)18-8-6-5-7-9-18/h5-15,25,34,36H,4H2,1-3H3. The number of benzene rings is 3. The number of ketones is 1. The van der Waals surface area contributed by atoms with Crippen molar-refractivity contribution in [3.05, 3.63) is 105 Å². The maximum atomic E-state index is 14.1. The lowest BCUT2D eigenvalue weighted by atomic mass is 9.94. The van der Waals surface area contributed by atoms with Gasteiger partial charge in [0.2, 0.25) is 5.78 Å². The number of aliphatic hydroxyl groups is 1. The maximum absolute atomic E-state index is 14.1. The van der Waals surface area contributed by atoms with Gasteiger partial charge in [0.25, 0.3) is 5.91 Å². The zero-order valence-electron chi connectivity index (χ0n) is 21.4. The largest absolute Gasteiger partial charge is 0.504 e. The summed E-state index contributed by atoms with van der Waals surface area (Å²) in [4.78, 5) is 34.0. The lowest BCUT2D eigenvalue weighted by Gasteiger charge is -2.28. The first-order chi connectivity index (χ1) is 18.7. The van der Waals surface area contributed by atoms with Crippen molar-refractivity contribution in [3.8, 4) is 22.1 Å². The highest BCUT2D eigenvalue weighted by Gasteiger charge is 2.46. The number of Topliss-reactive ketones (excluding diaryl/α,β-unsaturated/α-hetero) is 1. The Morgan fingerprint density at radius 1 is 1.08 bits per heavy atom. The van der Waals surface area contributed by atoms with Crippen LogP contribution in [0.4, 0.5) is 5.69 Å². The number of hydrogen-bond acceptors (Lipinski definition) is 7. The van der Waals surface area contributed by atoms with E-state index < -0.39 is 23.5 Å². The molecule has 0 saturated heterocycles. The summed E-state index contributed by atoms with van der Waals surface area (Å²) in [7, 11) is 0. The van der Waals surface area contributed by atoms with Crippen molar-refractivity contribution in [2.45, 2.75) is 26.8 Å². The fourth-order valence-corrected chi connectivity index (χ4v) is 5.84. The average Bonchev–Trinajstić information content (AvgIpc) is 3.44. The number of phenolic OH excluding ortho intramolecular Hbond substituents is 1. The Bertz CT molecular complexity index is 1630. The van der Waals surface area contributed by atoms with Crippen molar-refractivity contribution in [2.24, 2.45) is 0 Å². The smallest absolute Gasteiger partial charge is 0.294 e. The van der Waals surface area contributed by atoms with Crippen LogP contribution in [-0.4, -0.2) is 33.5 Å². The summed E-state index contributed by atoms with van der Waals surface area (Å²) in [5.41, 5.74) is 2.92. The van der Waals surface area contributed by atoms with Crippen LogP contribution in [0.1, 0.15) is 39.5 Å². The van der Waals surface area contributed by atoms with E-state index in [4.69, 9.17) is 16.3 Å². The second-order valence-corrected chi connectivity index (χ2v) is 10.5. The van der Waals surface area contributed by atoms with Crippen molar-refractivity contribution < 1.29 is 24.5 Å². The molecule has 0 fully saturated rings. The third kappa shape index (κ3) is 4.77. The molecule has 4 aromatic rings. The Morgan fingerprint density at radius 2 is 1.82 bits per heavy atom. The first-order valence-electron chi connectivity index (χ1n) is 12.3. The molecule has 1 unspecified atom stereocenters. The second kappa shape index (κ2) is 10.6. The number of aromatic hydroxyl groups is 1. The van der Waals surface area contributed by atoms with Gasteiger partial charge in [-0.15, -0.1) is 11.3 Å². The number of anilines is 1. The predicted molar refractivity (Wildman–Crippen MR) is 152 cm³/mol. The molecule has 39 heavy (non-hydrogen) atoms. The highest BCUT2D eigenvalue weighted by molar-refractivity contribution is 7.17. The van der Waals surface area contributed by atoms with Crippen LogP contribution in [0.3, 0.4) is 0 Å². The van der Waals surface area contributed by atoms with E-state index in [-0.39, 0.29) is 17.1 Å².